The Morgan fingerprint density at radius 3 is 2.33 bits per heavy atom. The molecule has 1 rings (SSSR count). The van der Waals surface area contributed by atoms with Crippen molar-refractivity contribution < 1.29 is 33.8 Å². The Morgan fingerprint density at radius 1 is 1.09 bits per heavy atom. The summed E-state index contributed by atoms with van der Waals surface area (Å²) in [6.45, 7) is 8.66. The highest BCUT2D eigenvalue weighted by atomic mass is 16.6. The fourth-order valence-electron chi connectivity index (χ4n) is 2.99. The van der Waals surface area contributed by atoms with E-state index >= 15 is 0 Å². The summed E-state index contributed by atoms with van der Waals surface area (Å²) in [5, 5.41) is 15.4. The lowest BCUT2D eigenvalue weighted by molar-refractivity contribution is -0.143. The molecule has 10 heteroatoms. The Bertz CT molecular complexity index is 821. The van der Waals surface area contributed by atoms with Gasteiger partial charge in [0.2, 0.25) is 11.8 Å². The summed E-state index contributed by atoms with van der Waals surface area (Å²) in [6.07, 6.45) is -0.266. The molecule has 0 aliphatic carbocycles. The van der Waals surface area contributed by atoms with Gasteiger partial charge in [0.05, 0.1) is 13.0 Å². The summed E-state index contributed by atoms with van der Waals surface area (Å²) in [5.74, 6) is -1.71. The number of aromatic hydroxyl groups is 1. The molecule has 0 heterocycles. The van der Waals surface area contributed by atoms with Crippen molar-refractivity contribution in [1.29, 1.82) is 0 Å². The number of hydrogen-bond donors (Lipinski definition) is 3. The first kappa shape index (κ1) is 27.7. The Labute approximate surface area is 194 Å². The fraction of sp³-hybridized carbons (Fsp3) is 0.565. The largest absolute Gasteiger partial charge is 0.508 e. The lowest BCUT2D eigenvalue weighted by Crippen LogP contribution is -2.48. The van der Waals surface area contributed by atoms with Crippen LogP contribution in [0.4, 0.5) is 4.79 Å². The van der Waals surface area contributed by atoms with Crippen molar-refractivity contribution in [3.63, 3.8) is 0 Å². The number of ether oxygens (including phenoxy) is 2. The molecule has 0 saturated carbocycles. The van der Waals surface area contributed by atoms with Crippen molar-refractivity contribution in [3.8, 4) is 5.75 Å². The van der Waals surface area contributed by atoms with E-state index in [4.69, 9.17) is 9.47 Å². The minimum absolute atomic E-state index is 0.00603. The first-order valence-corrected chi connectivity index (χ1v) is 11.0. The van der Waals surface area contributed by atoms with Crippen LogP contribution >= 0.6 is 0 Å². The van der Waals surface area contributed by atoms with E-state index < -0.39 is 42.1 Å². The first-order valence-electron chi connectivity index (χ1n) is 11.0. The summed E-state index contributed by atoms with van der Waals surface area (Å²) in [6, 6.07) is 5.04. The highest BCUT2D eigenvalue weighted by Gasteiger charge is 2.33. The number of amides is 3. The van der Waals surface area contributed by atoms with E-state index in [0.717, 1.165) is 0 Å². The number of rotatable bonds is 11. The van der Waals surface area contributed by atoms with Crippen LogP contribution < -0.4 is 10.6 Å². The van der Waals surface area contributed by atoms with Crippen LogP contribution in [0.5, 0.6) is 5.75 Å². The maximum absolute atomic E-state index is 13.1. The molecule has 3 amide bonds. The Kier molecular flexibility index (Phi) is 11.2. The zero-order valence-electron chi connectivity index (χ0n) is 20.0. The van der Waals surface area contributed by atoms with Gasteiger partial charge in [-0.3, -0.25) is 14.4 Å². The van der Waals surface area contributed by atoms with Gasteiger partial charge >= 0.3 is 12.1 Å². The smallest absolute Gasteiger partial charge is 0.408 e. The molecule has 0 aliphatic heterocycles. The van der Waals surface area contributed by atoms with Gasteiger partial charge in [-0.2, -0.15) is 0 Å². The number of phenols is 1. The number of carbonyl (C=O) groups is 4. The second-order valence-electron chi connectivity index (χ2n) is 8.25. The van der Waals surface area contributed by atoms with Gasteiger partial charge in [0, 0.05) is 18.7 Å². The van der Waals surface area contributed by atoms with Gasteiger partial charge in [0.1, 0.15) is 23.9 Å². The van der Waals surface area contributed by atoms with Gasteiger partial charge in [-0.25, -0.2) is 4.79 Å². The molecule has 184 valence electrons. The molecule has 33 heavy (non-hydrogen) atoms. The van der Waals surface area contributed by atoms with Crippen LogP contribution in [0.2, 0.25) is 0 Å². The maximum Gasteiger partial charge on any atom is 0.408 e. The van der Waals surface area contributed by atoms with E-state index in [9.17, 15) is 24.3 Å². The molecular formula is C23H35N3O7. The standard InChI is InChI=1S/C23H35N3O7/c1-6-14-26(18(28)15-25-22(31)33-23(3,4)5)20(16-10-8-9-11-17(16)27)21(30)24-13-12-19(29)32-7-2/h8-11,20,27H,6-7,12-15H2,1-5H3,(H,24,30)(H,25,31). The molecule has 1 aromatic carbocycles. The van der Waals surface area contributed by atoms with Gasteiger partial charge in [-0.05, 0) is 40.2 Å². The van der Waals surface area contributed by atoms with E-state index in [1.54, 1.807) is 45.9 Å². The van der Waals surface area contributed by atoms with Crippen LogP contribution in [0.3, 0.4) is 0 Å². The van der Waals surface area contributed by atoms with Gasteiger partial charge in [0.15, 0.2) is 0 Å². The lowest BCUT2D eigenvalue weighted by Gasteiger charge is -2.31. The zero-order valence-corrected chi connectivity index (χ0v) is 20.0. The highest BCUT2D eigenvalue weighted by molar-refractivity contribution is 5.91. The predicted molar refractivity (Wildman–Crippen MR) is 121 cm³/mol. The number of alkyl carbamates (subject to hydrolysis) is 1. The fourth-order valence-corrected chi connectivity index (χ4v) is 2.99. The van der Waals surface area contributed by atoms with Crippen molar-refractivity contribution in [3.05, 3.63) is 29.8 Å². The maximum atomic E-state index is 13.1. The monoisotopic (exact) mass is 465 g/mol. The number of hydrogen-bond acceptors (Lipinski definition) is 7. The number of nitrogens with zero attached hydrogens (tertiary/aromatic N) is 1. The molecule has 3 N–H and O–H groups in total. The number of benzene rings is 1. The van der Waals surface area contributed by atoms with Crippen LogP contribution in [0.15, 0.2) is 24.3 Å². The minimum Gasteiger partial charge on any atom is -0.508 e. The molecule has 0 aliphatic rings. The van der Waals surface area contributed by atoms with Gasteiger partial charge in [-0.1, -0.05) is 25.1 Å². The van der Waals surface area contributed by atoms with E-state index in [0.29, 0.717) is 6.42 Å². The third-order valence-electron chi connectivity index (χ3n) is 4.29. The zero-order chi connectivity index (χ0) is 25.0. The van der Waals surface area contributed by atoms with E-state index in [1.807, 2.05) is 6.92 Å². The Morgan fingerprint density at radius 2 is 1.76 bits per heavy atom. The Balaban J connectivity index is 3.06. The second kappa shape index (κ2) is 13.3. The van der Waals surface area contributed by atoms with Crippen LogP contribution in [0.1, 0.15) is 59.1 Å². The van der Waals surface area contributed by atoms with Gasteiger partial charge in [0.25, 0.3) is 0 Å². The molecular weight excluding hydrogens is 430 g/mol. The minimum atomic E-state index is -1.17. The second-order valence-corrected chi connectivity index (χ2v) is 8.25. The van der Waals surface area contributed by atoms with Crippen molar-refractivity contribution in [2.45, 2.75) is 59.1 Å². The summed E-state index contributed by atoms with van der Waals surface area (Å²) >= 11 is 0. The third-order valence-corrected chi connectivity index (χ3v) is 4.29. The molecule has 0 aromatic heterocycles. The highest BCUT2D eigenvalue weighted by Crippen LogP contribution is 2.29. The molecule has 0 spiro atoms. The number of phenolic OH excluding ortho intramolecular Hbond substituents is 1. The molecule has 0 radical (unpaired) electrons. The summed E-state index contributed by atoms with van der Waals surface area (Å²) < 4.78 is 10.0. The Hall–Kier alpha value is -3.30. The third kappa shape index (κ3) is 9.80. The average Bonchev–Trinajstić information content (AvgIpc) is 2.72. The summed E-state index contributed by atoms with van der Waals surface area (Å²) in [4.78, 5) is 50.9. The van der Waals surface area contributed by atoms with Crippen molar-refractivity contribution in [2.75, 3.05) is 26.2 Å². The average molecular weight is 466 g/mol. The lowest BCUT2D eigenvalue weighted by atomic mass is 10.0. The predicted octanol–water partition coefficient (Wildman–Crippen LogP) is 2.27. The molecule has 0 saturated heterocycles. The van der Waals surface area contributed by atoms with Crippen molar-refractivity contribution in [1.82, 2.24) is 15.5 Å². The number of esters is 1. The SMILES string of the molecule is CCCN(C(=O)CNC(=O)OC(C)(C)C)C(C(=O)NCCC(=O)OCC)c1ccccc1O. The van der Waals surface area contributed by atoms with E-state index in [1.165, 1.54) is 11.0 Å². The molecule has 1 atom stereocenters. The first-order chi connectivity index (χ1) is 15.5. The van der Waals surface area contributed by atoms with Crippen LogP contribution in [-0.2, 0) is 23.9 Å². The summed E-state index contributed by atoms with van der Waals surface area (Å²) in [7, 11) is 0. The van der Waals surface area contributed by atoms with Crippen molar-refractivity contribution in [2.24, 2.45) is 0 Å². The molecule has 1 unspecified atom stereocenters. The summed E-state index contributed by atoms with van der Waals surface area (Å²) in [5.41, 5.74) is -0.502. The molecule has 1 aromatic rings. The van der Waals surface area contributed by atoms with Gasteiger partial charge < -0.3 is 30.1 Å². The van der Waals surface area contributed by atoms with Crippen LogP contribution in [-0.4, -0.2) is 65.7 Å². The van der Waals surface area contributed by atoms with E-state index in [-0.39, 0.29) is 37.4 Å². The molecule has 0 fully saturated rings. The molecule has 0 bridgehead atoms. The van der Waals surface area contributed by atoms with Crippen molar-refractivity contribution >= 4 is 23.9 Å². The van der Waals surface area contributed by atoms with E-state index in [2.05, 4.69) is 10.6 Å². The number of nitrogens with one attached hydrogen (secondary N) is 2. The van der Waals surface area contributed by atoms with Crippen LogP contribution in [0, 0.1) is 0 Å². The van der Waals surface area contributed by atoms with Gasteiger partial charge in [-0.15, -0.1) is 0 Å². The quantitative estimate of drug-likeness (QED) is 0.427. The van der Waals surface area contributed by atoms with Crippen LogP contribution in [0.25, 0.3) is 0 Å². The topological polar surface area (TPSA) is 134 Å². The number of para-hydroxylation sites is 1. The molecule has 10 nitrogen and oxygen atoms in total. The normalized spacial score (nSPS) is 11.8. The number of carbonyl (C=O) groups excluding carboxylic acids is 4.